The van der Waals surface area contributed by atoms with E-state index < -0.39 is 17.5 Å². The molecule has 0 aliphatic carbocycles. The van der Waals surface area contributed by atoms with Gasteiger partial charge in [0.25, 0.3) is 5.78 Å². The monoisotopic (exact) mass is 222 g/mol. The Morgan fingerprint density at radius 3 is 2.56 bits per heavy atom. The molecule has 5 heteroatoms. The summed E-state index contributed by atoms with van der Waals surface area (Å²) in [5.41, 5.74) is 7.91. The molecule has 86 valence electrons. The molecule has 0 atom stereocenters. The maximum atomic E-state index is 11.4. The first-order valence-corrected chi connectivity index (χ1v) is 4.78. The topological polar surface area (TPSA) is 79.8 Å². The van der Waals surface area contributed by atoms with Crippen molar-refractivity contribution in [3.05, 3.63) is 29.8 Å². The second-order valence-corrected chi connectivity index (χ2v) is 2.86. The van der Waals surface area contributed by atoms with E-state index in [9.17, 15) is 9.59 Å². The number of rotatable bonds is 6. The highest BCUT2D eigenvalue weighted by molar-refractivity contribution is 6.62. The predicted octanol–water partition coefficient (Wildman–Crippen LogP) is 1.31. The molecule has 0 radical (unpaired) electrons. The van der Waals surface area contributed by atoms with Crippen LogP contribution in [-0.2, 0) is 14.3 Å². The van der Waals surface area contributed by atoms with Gasteiger partial charge in [-0.1, -0.05) is 24.3 Å². The lowest BCUT2D eigenvalue weighted by Crippen LogP contribution is -2.26. The van der Waals surface area contributed by atoms with Crippen LogP contribution in [0.2, 0.25) is 0 Å². The Morgan fingerprint density at radius 2 is 2.06 bits per heavy atom. The highest BCUT2D eigenvalue weighted by Crippen LogP contribution is 1.96. The lowest BCUT2D eigenvalue weighted by atomic mass is 10.1. The minimum Gasteiger partial charge on any atom is -0.460 e. The van der Waals surface area contributed by atoms with Crippen LogP contribution in [0.5, 0.6) is 0 Å². The number of esters is 1. The predicted molar refractivity (Wildman–Crippen MR) is 58.8 cm³/mol. The second-order valence-electron chi connectivity index (χ2n) is 2.86. The molecule has 16 heavy (non-hydrogen) atoms. The van der Waals surface area contributed by atoms with Crippen LogP contribution in [0.4, 0.5) is 0 Å². The lowest BCUT2D eigenvalue weighted by molar-refractivity contribution is -0.139. The summed E-state index contributed by atoms with van der Waals surface area (Å²) >= 11 is 0. The van der Waals surface area contributed by atoms with E-state index in [0.717, 1.165) is 7.11 Å². The minimum absolute atomic E-state index is 0.0997. The molecule has 0 heterocycles. The molecular weight excluding hydrogens is 208 g/mol. The molecule has 0 N–H and O–H groups in total. The van der Waals surface area contributed by atoms with Gasteiger partial charge >= 0.3 is 11.7 Å². The van der Waals surface area contributed by atoms with Crippen molar-refractivity contribution in [2.75, 3.05) is 7.11 Å². The third kappa shape index (κ3) is 5.02. The van der Waals surface area contributed by atoms with Gasteiger partial charge in [-0.15, -0.1) is 0 Å². The molecule has 0 aromatic heterocycles. The van der Waals surface area contributed by atoms with Crippen LogP contribution in [0, 0.1) is 0 Å². The first-order valence-electron chi connectivity index (χ1n) is 4.78. The molecule has 0 aliphatic heterocycles. The molecule has 0 rings (SSSR count). The number of carbonyl (C=O) groups is 2. The fraction of sp³-hybridized carbons (Fsp3) is 0.364. The van der Waals surface area contributed by atoms with Gasteiger partial charge in [0, 0.05) is 6.42 Å². The van der Waals surface area contributed by atoms with E-state index in [1.807, 2.05) is 19.1 Å². The van der Waals surface area contributed by atoms with Gasteiger partial charge in [0.05, 0.1) is 7.11 Å². The summed E-state index contributed by atoms with van der Waals surface area (Å²) in [5, 5.41) is 0. The number of methoxy groups -OCH3 is 1. The van der Waals surface area contributed by atoms with Crippen molar-refractivity contribution in [3.63, 3.8) is 0 Å². The zero-order valence-electron chi connectivity index (χ0n) is 9.34. The Bertz CT molecular complexity index is 363. The van der Waals surface area contributed by atoms with Crippen LogP contribution < -0.4 is 0 Å². The normalized spacial score (nSPS) is 10.4. The highest BCUT2D eigenvalue weighted by Gasteiger charge is 2.29. The van der Waals surface area contributed by atoms with Crippen molar-refractivity contribution in [2.24, 2.45) is 0 Å². The number of hydrogen-bond donors (Lipinski definition) is 0. The summed E-state index contributed by atoms with van der Waals surface area (Å²) in [4.78, 5) is 24.9. The van der Waals surface area contributed by atoms with Gasteiger partial charge < -0.3 is 10.3 Å². The summed E-state index contributed by atoms with van der Waals surface area (Å²) in [6.07, 6.45) is 7.83. The van der Waals surface area contributed by atoms with Gasteiger partial charge in [0.15, 0.2) is 0 Å². The summed E-state index contributed by atoms with van der Waals surface area (Å²) < 4.78 is 4.29. The van der Waals surface area contributed by atoms with E-state index >= 15 is 0 Å². The molecule has 0 saturated carbocycles. The van der Waals surface area contributed by atoms with Crippen LogP contribution in [-0.4, -0.2) is 29.4 Å². The first-order chi connectivity index (χ1) is 7.67. The molecule has 0 amide bonds. The van der Waals surface area contributed by atoms with Gasteiger partial charge in [-0.2, -0.15) is 4.79 Å². The number of ether oxygens (including phenoxy) is 1. The number of Topliss-reactive ketones (excluding diaryl/α,β-unsaturated/α-hetero) is 1. The zero-order valence-corrected chi connectivity index (χ0v) is 9.34. The second kappa shape index (κ2) is 8.32. The Kier molecular flexibility index (Phi) is 7.28. The van der Waals surface area contributed by atoms with E-state index in [-0.39, 0.29) is 6.42 Å². The average Bonchev–Trinajstić information content (AvgIpc) is 2.29. The first kappa shape index (κ1) is 14.0. The maximum Gasteiger partial charge on any atom is 0.441 e. The van der Waals surface area contributed by atoms with Gasteiger partial charge in [0.1, 0.15) is 0 Å². The Hall–Kier alpha value is -2.00. The van der Waals surface area contributed by atoms with E-state index in [2.05, 4.69) is 9.53 Å². The fourth-order valence-electron chi connectivity index (χ4n) is 0.926. The molecule has 0 aromatic carbocycles. The summed E-state index contributed by atoms with van der Waals surface area (Å²) in [6, 6.07) is 0. The van der Waals surface area contributed by atoms with E-state index in [4.69, 9.17) is 5.53 Å². The third-order valence-corrected chi connectivity index (χ3v) is 1.72. The Balaban J connectivity index is 4.25. The van der Waals surface area contributed by atoms with Crippen molar-refractivity contribution in [2.45, 2.75) is 19.8 Å². The van der Waals surface area contributed by atoms with Gasteiger partial charge in [-0.3, -0.25) is 4.79 Å². The largest absolute Gasteiger partial charge is 0.460 e. The number of carbonyl (C=O) groups excluding carboxylic acids is 2. The van der Waals surface area contributed by atoms with Crippen LogP contribution in [0.3, 0.4) is 0 Å². The van der Waals surface area contributed by atoms with Crippen LogP contribution in [0.1, 0.15) is 19.8 Å². The molecule has 0 saturated heterocycles. The third-order valence-electron chi connectivity index (χ3n) is 1.72. The van der Waals surface area contributed by atoms with Crippen molar-refractivity contribution in [3.8, 4) is 0 Å². The summed E-state index contributed by atoms with van der Waals surface area (Å²) in [7, 11) is 1.12. The molecule has 0 aromatic rings. The van der Waals surface area contributed by atoms with E-state index in [1.54, 1.807) is 12.2 Å². The van der Waals surface area contributed by atoms with Crippen LogP contribution >= 0.6 is 0 Å². The number of nitrogens with zero attached hydrogens (tertiary/aromatic N) is 2. The summed E-state index contributed by atoms with van der Waals surface area (Å²) in [5.74, 6) is -1.47. The van der Waals surface area contributed by atoms with Crippen molar-refractivity contribution >= 4 is 17.5 Å². The highest BCUT2D eigenvalue weighted by atomic mass is 16.5. The number of hydrogen-bond acceptors (Lipinski definition) is 3. The molecule has 0 aliphatic rings. The van der Waals surface area contributed by atoms with E-state index in [0.29, 0.717) is 6.42 Å². The molecule has 0 spiro atoms. The van der Waals surface area contributed by atoms with Crippen molar-refractivity contribution in [1.29, 1.82) is 0 Å². The smallest absolute Gasteiger partial charge is 0.441 e. The standard InChI is InChI=1S/C11H14N2O3/c1-3-4-5-6-7-8-9(14)10(13-12)11(15)16-2/h3-6H,7-8H2,1-2H3/b4-3+,6-5+. The molecule has 0 fully saturated rings. The molecule has 0 bridgehead atoms. The minimum atomic E-state index is -0.926. The zero-order chi connectivity index (χ0) is 12.4. The Labute approximate surface area is 94.0 Å². The van der Waals surface area contributed by atoms with Gasteiger partial charge in [-0.05, 0) is 13.3 Å². The van der Waals surface area contributed by atoms with Gasteiger partial charge in [-0.25, -0.2) is 4.79 Å². The maximum absolute atomic E-state index is 11.4. The molecular formula is C11H14N2O3. The molecule has 0 unspecified atom stereocenters. The quantitative estimate of drug-likeness (QED) is 0.170. The summed E-state index contributed by atoms with van der Waals surface area (Å²) in [6.45, 7) is 1.88. The van der Waals surface area contributed by atoms with Crippen molar-refractivity contribution < 1.29 is 19.1 Å². The van der Waals surface area contributed by atoms with Crippen LogP contribution in [0.25, 0.3) is 5.53 Å². The Morgan fingerprint density at radius 1 is 1.38 bits per heavy atom. The van der Waals surface area contributed by atoms with Crippen LogP contribution in [0.15, 0.2) is 24.3 Å². The molecule has 5 nitrogen and oxygen atoms in total. The SMILES string of the molecule is C/C=C/C=C/CCC(=O)C(=[N+]=[N-])C(=O)OC. The van der Waals surface area contributed by atoms with Gasteiger partial charge in [0.2, 0.25) is 0 Å². The number of ketones is 1. The lowest BCUT2D eigenvalue weighted by Gasteiger charge is -1.92. The number of allylic oxidation sites excluding steroid dienone is 4. The average molecular weight is 222 g/mol. The van der Waals surface area contributed by atoms with E-state index in [1.165, 1.54) is 0 Å². The van der Waals surface area contributed by atoms with Crippen molar-refractivity contribution in [1.82, 2.24) is 0 Å². The fourth-order valence-corrected chi connectivity index (χ4v) is 0.926.